The predicted octanol–water partition coefficient (Wildman–Crippen LogP) is 3.60. The highest BCUT2D eigenvalue weighted by atomic mass is 31.1. The maximum atomic E-state index is 11.8. The van der Waals surface area contributed by atoms with Gasteiger partial charge in [-0.2, -0.15) is 0 Å². The number of benzene rings is 1. The van der Waals surface area contributed by atoms with E-state index in [4.69, 9.17) is 0 Å². The second-order valence-electron chi connectivity index (χ2n) is 3.77. The van der Waals surface area contributed by atoms with Crippen molar-refractivity contribution < 1.29 is 9.36 Å². The highest BCUT2D eigenvalue weighted by Crippen LogP contribution is 2.30. The molecule has 0 bridgehead atoms. The Balaban J connectivity index is 3.26. The number of carbonyl (C=O) groups is 1. The van der Waals surface area contributed by atoms with Gasteiger partial charge in [0.2, 0.25) is 5.52 Å². The van der Waals surface area contributed by atoms with E-state index in [9.17, 15) is 9.36 Å². The second kappa shape index (κ2) is 4.67. The molecule has 1 atom stereocenters. The highest BCUT2D eigenvalue weighted by molar-refractivity contribution is 7.64. The van der Waals surface area contributed by atoms with Gasteiger partial charge in [-0.1, -0.05) is 24.6 Å². The molecule has 1 aromatic carbocycles. The highest BCUT2D eigenvalue weighted by Gasteiger charge is 2.17. The molecule has 0 aliphatic carbocycles. The van der Waals surface area contributed by atoms with Gasteiger partial charge in [0, 0.05) is 11.7 Å². The molecule has 0 saturated carbocycles. The summed E-state index contributed by atoms with van der Waals surface area (Å²) in [5, 5.41) is 0. The predicted molar refractivity (Wildman–Crippen MR) is 63.1 cm³/mol. The van der Waals surface area contributed by atoms with Crippen LogP contribution < -0.4 is 0 Å². The first kappa shape index (κ1) is 12.1. The zero-order valence-electron chi connectivity index (χ0n) is 9.63. The van der Waals surface area contributed by atoms with Gasteiger partial charge in [-0.15, -0.1) is 0 Å². The minimum absolute atomic E-state index is 0.206. The van der Waals surface area contributed by atoms with Crippen LogP contribution >= 0.6 is 7.80 Å². The van der Waals surface area contributed by atoms with Crippen molar-refractivity contribution in [2.45, 2.75) is 27.7 Å². The fourth-order valence-electron chi connectivity index (χ4n) is 1.79. The molecule has 1 radical (unpaired) electrons. The van der Waals surface area contributed by atoms with Crippen molar-refractivity contribution >= 4 is 13.3 Å². The number of carbonyl (C=O) groups excluding carboxylic acids is 1. The second-order valence-corrected chi connectivity index (χ2v) is 5.57. The Labute approximate surface area is 91.5 Å². The maximum absolute atomic E-state index is 11.8. The summed E-state index contributed by atoms with van der Waals surface area (Å²) < 4.78 is 11.5. The molecule has 0 spiro atoms. The zero-order chi connectivity index (χ0) is 11.6. The molecule has 2 nitrogen and oxygen atoms in total. The summed E-state index contributed by atoms with van der Waals surface area (Å²) in [7, 11) is -1.75. The molecule has 0 heterocycles. The standard InChI is InChI=1S/C12H16O2P/c1-5-15(14)12(13)11-9(3)6-8(2)7-10(11)4/h6-7H,5H2,1-4H3. The number of rotatable bonds is 3. The summed E-state index contributed by atoms with van der Waals surface area (Å²) in [5.74, 6) is 0. The van der Waals surface area contributed by atoms with E-state index in [1.54, 1.807) is 6.92 Å². The van der Waals surface area contributed by atoms with Crippen LogP contribution in [0.15, 0.2) is 12.1 Å². The van der Waals surface area contributed by atoms with E-state index in [0.29, 0.717) is 11.7 Å². The maximum Gasteiger partial charge on any atom is 0.242 e. The van der Waals surface area contributed by atoms with Gasteiger partial charge < -0.3 is 0 Å². The van der Waals surface area contributed by atoms with Crippen LogP contribution in [-0.2, 0) is 4.57 Å². The van der Waals surface area contributed by atoms with Crippen LogP contribution in [0, 0.1) is 20.8 Å². The average Bonchev–Trinajstić information content (AvgIpc) is 2.14. The van der Waals surface area contributed by atoms with E-state index in [-0.39, 0.29) is 5.52 Å². The van der Waals surface area contributed by atoms with Gasteiger partial charge in [-0.3, -0.25) is 9.36 Å². The lowest BCUT2D eigenvalue weighted by molar-refractivity contribution is 0.107. The molecular weight excluding hydrogens is 207 g/mol. The molecule has 0 saturated heterocycles. The minimum atomic E-state index is -1.75. The van der Waals surface area contributed by atoms with Crippen LogP contribution in [0.25, 0.3) is 0 Å². The van der Waals surface area contributed by atoms with Crippen molar-refractivity contribution in [3.05, 3.63) is 34.4 Å². The van der Waals surface area contributed by atoms with Crippen LogP contribution in [0.5, 0.6) is 0 Å². The van der Waals surface area contributed by atoms with Crippen LogP contribution in [0.4, 0.5) is 0 Å². The molecule has 0 amide bonds. The fourth-order valence-corrected chi connectivity index (χ4v) is 2.67. The summed E-state index contributed by atoms with van der Waals surface area (Å²) in [4.78, 5) is 11.8. The van der Waals surface area contributed by atoms with E-state index in [2.05, 4.69) is 0 Å². The lowest BCUT2D eigenvalue weighted by Gasteiger charge is -2.08. The van der Waals surface area contributed by atoms with Gasteiger partial charge >= 0.3 is 0 Å². The molecular formula is C12H16O2P. The Kier molecular flexibility index (Phi) is 3.76. The van der Waals surface area contributed by atoms with Crippen molar-refractivity contribution in [2.75, 3.05) is 6.16 Å². The molecule has 0 fully saturated rings. The first-order valence-corrected chi connectivity index (χ1v) is 6.48. The van der Waals surface area contributed by atoms with Gasteiger partial charge in [0.1, 0.15) is 7.80 Å². The molecule has 0 N–H and O–H groups in total. The zero-order valence-corrected chi connectivity index (χ0v) is 10.5. The van der Waals surface area contributed by atoms with Crippen molar-refractivity contribution in [3.63, 3.8) is 0 Å². The Morgan fingerprint density at radius 1 is 1.20 bits per heavy atom. The largest absolute Gasteiger partial charge is 0.281 e. The van der Waals surface area contributed by atoms with E-state index in [0.717, 1.165) is 16.7 Å². The van der Waals surface area contributed by atoms with Gasteiger partial charge in [0.25, 0.3) is 0 Å². The number of hydrogen-bond acceptors (Lipinski definition) is 2. The molecule has 3 heteroatoms. The first-order chi connectivity index (χ1) is 6.97. The smallest absolute Gasteiger partial charge is 0.242 e. The van der Waals surface area contributed by atoms with E-state index < -0.39 is 7.80 Å². The summed E-state index contributed by atoms with van der Waals surface area (Å²) >= 11 is 0. The van der Waals surface area contributed by atoms with Gasteiger partial charge in [-0.05, 0) is 31.9 Å². The molecule has 1 rings (SSSR count). The third kappa shape index (κ3) is 2.51. The Bertz CT molecular complexity index is 399. The van der Waals surface area contributed by atoms with Gasteiger partial charge in [-0.25, -0.2) is 0 Å². The SMILES string of the molecule is CC[P](=O)C(=O)c1c(C)cc(C)cc1C. The third-order valence-corrected chi connectivity index (χ3v) is 3.66. The summed E-state index contributed by atoms with van der Waals surface area (Å²) in [6, 6.07) is 3.91. The molecule has 81 valence electrons. The monoisotopic (exact) mass is 223 g/mol. The van der Waals surface area contributed by atoms with Crippen LogP contribution in [0.3, 0.4) is 0 Å². The summed E-state index contributed by atoms with van der Waals surface area (Å²) in [6.45, 7) is 7.56. The van der Waals surface area contributed by atoms with Crippen molar-refractivity contribution in [2.24, 2.45) is 0 Å². The van der Waals surface area contributed by atoms with Crippen molar-refractivity contribution in [1.82, 2.24) is 0 Å². The quantitative estimate of drug-likeness (QED) is 0.733. The lowest BCUT2D eigenvalue weighted by Crippen LogP contribution is -2.01. The van der Waals surface area contributed by atoms with Crippen molar-refractivity contribution in [3.8, 4) is 0 Å². The Morgan fingerprint density at radius 3 is 2.07 bits per heavy atom. The van der Waals surface area contributed by atoms with Crippen molar-refractivity contribution in [1.29, 1.82) is 0 Å². The molecule has 0 aliphatic heterocycles. The molecule has 15 heavy (non-hydrogen) atoms. The lowest BCUT2D eigenvalue weighted by atomic mass is 10.0. The van der Waals surface area contributed by atoms with E-state index in [1.165, 1.54) is 0 Å². The molecule has 1 unspecified atom stereocenters. The summed E-state index contributed by atoms with van der Waals surface area (Å²) in [5.41, 5.74) is 3.42. The average molecular weight is 223 g/mol. The van der Waals surface area contributed by atoms with E-state index >= 15 is 0 Å². The van der Waals surface area contributed by atoms with Crippen LogP contribution in [-0.4, -0.2) is 11.7 Å². The molecule has 0 aromatic heterocycles. The van der Waals surface area contributed by atoms with E-state index in [1.807, 2.05) is 32.9 Å². The number of hydrogen-bond donors (Lipinski definition) is 0. The third-order valence-electron chi connectivity index (χ3n) is 2.40. The van der Waals surface area contributed by atoms with Gasteiger partial charge in [0.05, 0.1) is 0 Å². The minimum Gasteiger partial charge on any atom is -0.281 e. The van der Waals surface area contributed by atoms with Crippen LogP contribution in [0.1, 0.15) is 34.0 Å². The Morgan fingerprint density at radius 2 is 1.67 bits per heavy atom. The fraction of sp³-hybridized carbons (Fsp3) is 0.417. The first-order valence-electron chi connectivity index (χ1n) is 5.04. The Hall–Kier alpha value is -1.01. The molecule has 0 aliphatic rings. The summed E-state index contributed by atoms with van der Waals surface area (Å²) in [6.07, 6.45) is 0.418. The van der Waals surface area contributed by atoms with Gasteiger partial charge in [0.15, 0.2) is 0 Å². The number of aryl methyl sites for hydroxylation is 3. The van der Waals surface area contributed by atoms with Crippen LogP contribution in [0.2, 0.25) is 0 Å². The topological polar surface area (TPSA) is 34.1 Å². The molecule has 1 aromatic rings. The normalized spacial score (nSPS) is 11.3.